The molecule has 0 spiro atoms. The van der Waals surface area contributed by atoms with Gasteiger partial charge in [0, 0.05) is 14.1 Å². The number of para-hydroxylation sites is 1. The molecule has 0 saturated heterocycles. The molecule has 2 nitrogen and oxygen atoms in total. The first-order valence-electron chi connectivity index (χ1n) is 5.68. The van der Waals surface area contributed by atoms with Crippen molar-refractivity contribution in [3.63, 3.8) is 0 Å². The summed E-state index contributed by atoms with van der Waals surface area (Å²) < 4.78 is 5.92. The Morgan fingerprint density at radius 2 is 2.07 bits per heavy atom. The molecule has 0 radical (unpaired) electrons. The Hall–Kier alpha value is -1.18. The van der Waals surface area contributed by atoms with Crippen molar-refractivity contribution in [1.82, 2.24) is 0 Å². The van der Waals surface area contributed by atoms with Crippen molar-refractivity contribution in [1.29, 1.82) is 0 Å². The van der Waals surface area contributed by atoms with Crippen molar-refractivity contribution in [2.24, 2.45) is 0 Å². The molecular formula is C13H19NO. The summed E-state index contributed by atoms with van der Waals surface area (Å²) in [7, 11) is 4.16. The molecule has 2 heteroatoms. The quantitative estimate of drug-likeness (QED) is 0.749. The maximum atomic E-state index is 5.92. The van der Waals surface area contributed by atoms with Crippen LogP contribution in [0.25, 0.3) is 0 Å². The van der Waals surface area contributed by atoms with Gasteiger partial charge in [0.05, 0.1) is 11.8 Å². The number of hydrogen-bond acceptors (Lipinski definition) is 2. The average Bonchev–Trinajstić information content (AvgIpc) is 3.01. The predicted molar refractivity (Wildman–Crippen MR) is 63.8 cm³/mol. The van der Waals surface area contributed by atoms with Gasteiger partial charge in [-0.1, -0.05) is 19.1 Å². The standard InChI is InChI=1S/C13H19NO/c1-4-10-6-5-7-12(13(10)14(2)3)15-11-8-9-11/h5-7,11H,4,8-9H2,1-3H3. The molecule has 15 heavy (non-hydrogen) atoms. The monoisotopic (exact) mass is 205 g/mol. The van der Waals surface area contributed by atoms with Crippen LogP contribution in [-0.4, -0.2) is 20.2 Å². The smallest absolute Gasteiger partial charge is 0.143 e. The fourth-order valence-corrected chi connectivity index (χ4v) is 1.82. The van der Waals surface area contributed by atoms with Gasteiger partial charge >= 0.3 is 0 Å². The molecule has 1 aromatic rings. The third-order valence-corrected chi connectivity index (χ3v) is 2.73. The van der Waals surface area contributed by atoms with Crippen molar-refractivity contribution in [2.45, 2.75) is 32.3 Å². The minimum Gasteiger partial charge on any atom is -0.488 e. The van der Waals surface area contributed by atoms with Crippen LogP contribution in [0.1, 0.15) is 25.3 Å². The molecule has 0 amide bonds. The van der Waals surface area contributed by atoms with E-state index in [2.05, 4.69) is 44.1 Å². The van der Waals surface area contributed by atoms with Crippen LogP contribution in [0.15, 0.2) is 18.2 Å². The fraction of sp³-hybridized carbons (Fsp3) is 0.538. The van der Waals surface area contributed by atoms with E-state index < -0.39 is 0 Å². The van der Waals surface area contributed by atoms with Gasteiger partial charge in [-0.2, -0.15) is 0 Å². The van der Waals surface area contributed by atoms with E-state index in [0.29, 0.717) is 6.10 Å². The highest BCUT2D eigenvalue weighted by Crippen LogP contribution is 2.35. The van der Waals surface area contributed by atoms with Gasteiger partial charge in [-0.25, -0.2) is 0 Å². The Labute approximate surface area is 91.9 Å². The largest absolute Gasteiger partial charge is 0.488 e. The van der Waals surface area contributed by atoms with E-state index in [1.54, 1.807) is 0 Å². The van der Waals surface area contributed by atoms with E-state index in [0.717, 1.165) is 12.2 Å². The summed E-state index contributed by atoms with van der Waals surface area (Å²) in [5.41, 5.74) is 2.60. The molecule has 0 aromatic heterocycles. The highest BCUT2D eigenvalue weighted by atomic mass is 16.5. The van der Waals surface area contributed by atoms with Crippen LogP contribution < -0.4 is 9.64 Å². The van der Waals surface area contributed by atoms with E-state index >= 15 is 0 Å². The van der Waals surface area contributed by atoms with Crippen molar-refractivity contribution in [3.8, 4) is 5.75 Å². The second kappa shape index (κ2) is 4.13. The Morgan fingerprint density at radius 1 is 1.33 bits per heavy atom. The number of hydrogen-bond donors (Lipinski definition) is 0. The Bertz CT molecular complexity index is 342. The highest BCUT2D eigenvalue weighted by Gasteiger charge is 2.25. The SMILES string of the molecule is CCc1cccc(OC2CC2)c1N(C)C. The second-order valence-electron chi connectivity index (χ2n) is 4.33. The number of anilines is 1. The van der Waals surface area contributed by atoms with Gasteiger partial charge in [-0.3, -0.25) is 0 Å². The van der Waals surface area contributed by atoms with E-state index in [4.69, 9.17) is 4.74 Å². The Morgan fingerprint density at radius 3 is 2.60 bits per heavy atom. The summed E-state index contributed by atoms with van der Waals surface area (Å²) in [5.74, 6) is 1.04. The summed E-state index contributed by atoms with van der Waals surface area (Å²) in [4.78, 5) is 2.15. The van der Waals surface area contributed by atoms with Crippen molar-refractivity contribution < 1.29 is 4.74 Å². The highest BCUT2D eigenvalue weighted by molar-refractivity contribution is 5.63. The minimum absolute atomic E-state index is 0.468. The lowest BCUT2D eigenvalue weighted by atomic mass is 10.1. The number of benzene rings is 1. The van der Waals surface area contributed by atoms with E-state index in [-0.39, 0.29) is 0 Å². The fourth-order valence-electron chi connectivity index (χ4n) is 1.82. The summed E-state index contributed by atoms with van der Waals surface area (Å²) >= 11 is 0. The van der Waals surface area contributed by atoms with Gasteiger partial charge in [0.1, 0.15) is 5.75 Å². The second-order valence-corrected chi connectivity index (χ2v) is 4.33. The summed E-state index contributed by atoms with van der Waals surface area (Å²) in [6.45, 7) is 2.18. The Balaban J connectivity index is 2.32. The number of ether oxygens (including phenoxy) is 1. The molecule has 0 N–H and O–H groups in total. The molecule has 1 fully saturated rings. The van der Waals surface area contributed by atoms with E-state index in [1.807, 2.05) is 0 Å². The maximum Gasteiger partial charge on any atom is 0.143 e. The third-order valence-electron chi connectivity index (χ3n) is 2.73. The minimum atomic E-state index is 0.468. The van der Waals surface area contributed by atoms with E-state index in [9.17, 15) is 0 Å². The van der Waals surface area contributed by atoms with Crippen LogP contribution >= 0.6 is 0 Å². The van der Waals surface area contributed by atoms with Crippen LogP contribution in [-0.2, 0) is 6.42 Å². The summed E-state index contributed by atoms with van der Waals surface area (Å²) in [5, 5.41) is 0. The maximum absolute atomic E-state index is 5.92. The first-order chi connectivity index (χ1) is 7.22. The van der Waals surface area contributed by atoms with Crippen LogP contribution in [0.3, 0.4) is 0 Å². The van der Waals surface area contributed by atoms with Gasteiger partial charge in [0.25, 0.3) is 0 Å². The molecule has 0 unspecified atom stereocenters. The molecule has 1 aliphatic rings. The zero-order valence-corrected chi connectivity index (χ0v) is 9.79. The first-order valence-corrected chi connectivity index (χ1v) is 5.68. The third kappa shape index (κ3) is 2.25. The number of nitrogens with zero attached hydrogens (tertiary/aromatic N) is 1. The van der Waals surface area contributed by atoms with Crippen molar-refractivity contribution in [2.75, 3.05) is 19.0 Å². The zero-order valence-electron chi connectivity index (χ0n) is 9.79. The molecule has 0 atom stereocenters. The number of rotatable bonds is 4. The van der Waals surface area contributed by atoms with Gasteiger partial charge in [-0.15, -0.1) is 0 Å². The van der Waals surface area contributed by atoms with Gasteiger partial charge in [0.15, 0.2) is 0 Å². The molecule has 0 bridgehead atoms. The molecule has 1 aromatic carbocycles. The van der Waals surface area contributed by atoms with Gasteiger partial charge in [0.2, 0.25) is 0 Å². The van der Waals surface area contributed by atoms with Gasteiger partial charge < -0.3 is 9.64 Å². The lowest BCUT2D eigenvalue weighted by Crippen LogP contribution is -2.13. The molecule has 0 heterocycles. The number of aryl methyl sites for hydroxylation is 1. The summed E-state index contributed by atoms with van der Waals surface area (Å²) in [6, 6.07) is 6.34. The molecule has 1 aliphatic carbocycles. The topological polar surface area (TPSA) is 12.5 Å². The van der Waals surface area contributed by atoms with Crippen LogP contribution in [0.4, 0.5) is 5.69 Å². The zero-order chi connectivity index (χ0) is 10.8. The molecule has 2 rings (SSSR count). The predicted octanol–water partition coefficient (Wildman–Crippen LogP) is 2.86. The van der Waals surface area contributed by atoms with Gasteiger partial charge in [-0.05, 0) is 30.9 Å². The van der Waals surface area contributed by atoms with Crippen molar-refractivity contribution in [3.05, 3.63) is 23.8 Å². The van der Waals surface area contributed by atoms with E-state index in [1.165, 1.54) is 24.1 Å². The summed E-state index contributed by atoms with van der Waals surface area (Å²) in [6.07, 6.45) is 3.94. The molecule has 82 valence electrons. The van der Waals surface area contributed by atoms with Crippen LogP contribution in [0.5, 0.6) is 5.75 Å². The van der Waals surface area contributed by atoms with Crippen LogP contribution in [0.2, 0.25) is 0 Å². The average molecular weight is 205 g/mol. The normalized spacial score (nSPS) is 15.1. The van der Waals surface area contributed by atoms with Crippen LogP contribution in [0, 0.1) is 0 Å². The lowest BCUT2D eigenvalue weighted by Gasteiger charge is -2.21. The first kappa shape index (κ1) is 10.3. The molecule has 1 saturated carbocycles. The van der Waals surface area contributed by atoms with Crippen molar-refractivity contribution >= 4 is 5.69 Å². The molecular weight excluding hydrogens is 186 g/mol. The lowest BCUT2D eigenvalue weighted by molar-refractivity contribution is 0.303. The Kier molecular flexibility index (Phi) is 2.85. The molecule has 0 aliphatic heterocycles.